The van der Waals surface area contributed by atoms with Crippen LogP contribution in [-0.2, 0) is 16.0 Å². The van der Waals surface area contributed by atoms with E-state index in [2.05, 4.69) is 20.5 Å². The summed E-state index contributed by atoms with van der Waals surface area (Å²) in [5.41, 5.74) is 1.40. The van der Waals surface area contributed by atoms with Gasteiger partial charge in [0.1, 0.15) is 5.82 Å². The van der Waals surface area contributed by atoms with Crippen molar-refractivity contribution in [3.63, 3.8) is 0 Å². The maximum Gasteiger partial charge on any atom is 0.229 e. The molecule has 1 aliphatic heterocycles. The summed E-state index contributed by atoms with van der Waals surface area (Å²) in [7, 11) is 0. The monoisotopic (exact) mass is 367 g/mol. The van der Waals surface area contributed by atoms with Gasteiger partial charge in [0.05, 0.1) is 16.8 Å². The molecule has 2 N–H and O–H groups in total. The molecular formula is C19H18FN5O2. The largest absolute Gasteiger partial charge is 0.355 e. The fourth-order valence-electron chi connectivity index (χ4n) is 3.30. The Morgan fingerprint density at radius 2 is 2.19 bits per heavy atom. The van der Waals surface area contributed by atoms with Crippen molar-refractivity contribution < 1.29 is 14.0 Å². The predicted octanol–water partition coefficient (Wildman–Crippen LogP) is 1.81. The summed E-state index contributed by atoms with van der Waals surface area (Å²) in [6.45, 7) is 0.628. The number of fused-ring (bicyclic) bond motifs is 1. The van der Waals surface area contributed by atoms with Crippen LogP contribution in [0.4, 0.5) is 10.2 Å². The number of aromatic nitrogens is 3. The van der Waals surface area contributed by atoms with E-state index in [1.807, 2.05) is 18.2 Å². The quantitative estimate of drug-likeness (QED) is 0.720. The third kappa shape index (κ3) is 3.38. The second-order valence-corrected chi connectivity index (χ2v) is 6.48. The minimum Gasteiger partial charge on any atom is -0.355 e. The van der Waals surface area contributed by atoms with Crippen molar-refractivity contribution in [2.45, 2.75) is 12.8 Å². The molecule has 1 fully saturated rings. The van der Waals surface area contributed by atoms with Gasteiger partial charge >= 0.3 is 0 Å². The number of anilines is 1. The van der Waals surface area contributed by atoms with Crippen molar-refractivity contribution >= 4 is 28.5 Å². The van der Waals surface area contributed by atoms with Crippen LogP contribution < -0.4 is 10.2 Å². The molecule has 138 valence electrons. The van der Waals surface area contributed by atoms with Gasteiger partial charge in [-0.05, 0) is 24.3 Å². The normalized spacial score (nSPS) is 16.9. The first-order valence-corrected chi connectivity index (χ1v) is 8.74. The first-order chi connectivity index (χ1) is 13.1. The van der Waals surface area contributed by atoms with E-state index in [1.165, 1.54) is 11.0 Å². The van der Waals surface area contributed by atoms with Gasteiger partial charge in [-0.15, -0.1) is 0 Å². The van der Waals surface area contributed by atoms with E-state index in [9.17, 15) is 14.0 Å². The predicted molar refractivity (Wildman–Crippen MR) is 97.5 cm³/mol. The molecule has 0 saturated carbocycles. The number of benzene rings is 1. The Bertz CT molecular complexity index is 988. The lowest BCUT2D eigenvalue weighted by Gasteiger charge is -2.14. The SMILES string of the molecule is O=C(NCCc1ccccn1)[C@@H]1CC(=O)N(c2n[nH]c3cccc(F)c23)C1. The zero-order chi connectivity index (χ0) is 18.8. The summed E-state index contributed by atoms with van der Waals surface area (Å²) in [6, 6.07) is 10.2. The Morgan fingerprint density at radius 3 is 3.00 bits per heavy atom. The first kappa shape index (κ1) is 17.1. The molecule has 7 nitrogen and oxygen atoms in total. The highest BCUT2D eigenvalue weighted by molar-refractivity contribution is 6.05. The molecule has 27 heavy (non-hydrogen) atoms. The Kier molecular flexibility index (Phi) is 4.53. The van der Waals surface area contributed by atoms with Crippen molar-refractivity contribution in [1.82, 2.24) is 20.5 Å². The van der Waals surface area contributed by atoms with E-state index >= 15 is 0 Å². The number of aromatic amines is 1. The van der Waals surface area contributed by atoms with Crippen molar-refractivity contribution in [1.29, 1.82) is 0 Å². The van der Waals surface area contributed by atoms with Crippen LogP contribution in [-0.4, -0.2) is 40.1 Å². The zero-order valence-corrected chi connectivity index (χ0v) is 14.5. The molecule has 2 amide bonds. The van der Waals surface area contributed by atoms with Gasteiger partial charge in [-0.25, -0.2) is 4.39 Å². The van der Waals surface area contributed by atoms with E-state index in [0.29, 0.717) is 18.5 Å². The maximum absolute atomic E-state index is 14.2. The van der Waals surface area contributed by atoms with Crippen LogP contribution in [0.15, 0.2) is 42.6 Å². The molecule has 1 saturated heterocycles. The molecule has 3 heterocycles. The van der Waals surface area contributed by atoms with Crippen LogP contribution >= 0.6 is 0 Å². The number of hydrogen-bond acceptors (Lipinski definition) is 4. The standard InChI is InChI=1S/C19H18FN5O2/c20-14-5-3-6-15-17(14)18(24-23-15)25-11-12(10-16(25)26)19(27)22-9-7-13-4-1-2-8-21-13/h1-6,8,12H,7,9-11H2,(H,22,27)(H,23,24)/t12-/m1/s1. The van der Waals surface area contributed by atoms with E-state index in [-0.39, 0.29) is 36.0 Å². The average Bonchev–Trinajstić information content (AvgIpc) is 3.27. The topological polar surface area (TPSA) is 91.0 Å². The maximum atomic E-state index is 14.2. The second kappa shape index (κ2) is 7.14. The molecule has 0 spiro atoms. The number of nitrogens with zero attached hydrogens (tertiary/aromatic N) is 3. The minimum absolute atomic E-state index is 0.0816. The van der Waals surface area contributed by atoms with Crippen LogP contribution in [0.2, 0.25) is 0 Å². The molecule has 0 radical (unpaired) electrons. The van der Waals surface area contributed by atoms with Crippen LogP contribution in [0, 0.1) is 11.7 Å². The number of pyridine rings is 1. The number of hydrogen-bond donors (Lipinski definition) is 2. The molecule has 0 bridgehead atoms. The molecule has 1 aliphatic rings. The van der Waals surface area contributed by atoms with Gasteiger partial charge in [0, 0.05) is 37.8 Å². The molecular weight excluding hydrogens is 349 g/mol. The van der Waals surface area contributed by atoms with Gasteiger partial charge in [-0.3, -0.25) is 24.6 Å². The summed E-state index contributed by atoms with van der Waals surface area (Å²) in [4.78, 5) is 30.4. The lowest BCUT2D eigenvalue weighted by Crippen LogP contribution is -2.34. The molecule has 0 aliphatic carbocycles. The van der Waals surface area contributed by atoms with Gasteiger partial charge in [0.25, 0.3) is 0 Å². The fraction of sp³-hybridized carbons (Fsp3) is 0.263. The number of amides is 2. The molecule has 2 aromatic heterocycles. The van der Waals surface area contributed by atoms with Crippen molar-refractivity contribution in [3.05, 3.63) is 54.1 Å². The summed E-state index contributed by atoms with van der Waals surface area (Å²) in [5.74, 6) is -1.14. The lowest BCUT2D eigenvalue weighted by molar-refractivity contribution is -0.126. The number of carbonyl (C=O) groups excluding carboxylic acids is 2. The van der Waals surface area contributed by atoms with Gasteiger partial charge in [0.2, 0.25) is 11.8 Å². The zero-order valence-electron chi connectivity index (χ0n) is 14.5. The van der Waals surface area contributed by atoms with Crippen molar-refractivity contribution in [2.75, 3.05) is 18.0 Å². The summed E-state index contributed by atoms with van der Waals surface area (Å²) >= 11 is 0. The number of nitrogens with one attached hydrogen (secondary N) is 2. The summed E-state index contributed by atoms with van der Waals surface area (Å²) < 4.78 is 14.2. The molecule has 3 aromatic rings. The molecule has 0 unspecified atom stereocenters. The smallest absolute Gasteiger partial charge is 0.229 e. The van der Waals surface area contributed by atoms with Crippen LogP contribution in [0.1, 0.15) is 12.1 Å². The van der Waals surface area contributed by atoms with E-state index in [1.54, 1.807) is 18.3 Å². The molecule has 1 aromatic carbocycles. The van der Waals surface area contributed by atoms with Crippen LogP contribution in [0.3, 0.4) is 0 Å². The molecule has 1 atom stereocenters. The Hall–Kier alpha value is -3.29. The molecule has 4 rings (SSSR count). The Morgan fingerprint density at radius 1 is 1.30 bits per heavy atom. The van der Waals surface area contributed by atoms with Gasteiger partial charge in [0.15, 0.2) is 5.82 Å². The minimum atomic E-state index is -0.486. The lowest BCUT2D eigenvalue weighted by atomic mass is 10.1. The Balaban J connectivity index is 1.42. The Labute approximate surface area is 154 Å². The highest BCUT2D eigenvalue weighted by Gasteiger charge is 2.37. The van der Waals surface area contributed by atoms with Crippen molar-refractivity contribution in [3.8, 4) is 0 Å². The van der Waals surface area contributed by atoms with Gasteiger partial charge in [-0.2, -0.15) is 5.10 Å². The van der Waals surface area contributed by atoms with E-state index < -0.39 is 11.7 Å². The summed E-state index contributed by atoms with van der Waals surface area (Å²) in [6.07, 6.45) is 2.41. The number of H-pyrrole nitrogens is 1. The third-order valence-electron chi connectivity index (χ3n) is 4.68. The van der Waals surface area contributed by atoms with E-state index in [4.69, 9.17) is 0 Å². The van der Waals surface area contributed by atoms with Crippen LogP contribution in [0.25, 0.3) is 10.9 Å². The van der Waals surface area contributed by atoms with E-state index in [0.717, 1.165) is 5.69 Å². The first-order valence-electron chi connectivity index (χ1n) is 8.74. The van der Waals surface area contributed by atoms with Crippen LogP contribution in [0.5, 0.6) is 0 Å². The highest BCUT2D eigenvalue weighted by Crippen LogP contribution is 2.31. The summed E-state index contributed by atoms with van der Waals surface area (Å²) in [5, 5.41) is 9.93. The number of rotatable bonds is 5. The third-order valence-corrected chi connectivity index (χ3v) is 4.68. The molecule has 8 heteroatoms. The van der Waals surface area contributed by atoms with Crippen molar-refractivity contribution in [2.24, 2.45) is 5.92 Å². The highest BCUT2D eigenvalue weighted by atomic mass is 19.1. The average molecular weight is 367 g/mol. The number of halogens is 1. The van der Waals surface area contributed by atoms with Gasteiger partial charge in [-0.1, -0.05) is 12.1 Å². The number of carbonyl (C=O) groups is 2. The fourth-order valence-corrected chi connectivity index (χ4v) is 3.30. The second-order valence-electron chi connectivity index (χ2n) is 6.48. The van der Waals surface area contributed by atoms with Gasteiger partial charge < -0.3 is 5.32 Å².